The molecule has 0 saturated heterocycles. The lowest BCUT2D eigenvalue weighted by atomic mass is 10.0. The third-order valence-corrected chi connectivity index (χ3v) is 3.67. The van der Waals surface area contributed by atoms with E-state index in [2.05, 4.69) is 5.16 Å². The highest BCUT2D eigenvalue weighted by Gasteiger charge is 2.24. The van der Waals surface area contributed by atoms with E-state index >= 15 is 0 Å². The topological polar surface area (TPSA) is 54.6 Å². The monoisotopic (exact) mass is 364 g/mol. The molecule has 122 valence electrons. The molecule has 0 atom stereocenters. The van der Waals surface area contributed by atoms with Gasteiger partial charge >= 0.3 is 0 Å². The number of rotatable bonds is 3. The summed E-state index contributed by atoms with van der Waals surface area (Å²) in [7, 11) is 0. The second kappa shape index (κ2) is 6.64. The summed E-state index contributed by atoms with van der Waals surface area (Å²) in [5, 5.41) is 10.8. The number of benzene rings is 1. The number of nitrogens with zero attached hydrogens (tertiary/aromatic N) is 2. The van der Waals surface area contributed by atoms with Gasteiger partial charge in [0.1, 0.15) is 22.5 Å². The lowest BCUT2D eigenvalue weighted by Crippen LogP contribution is -2.24. The molecule has 9 heteroatoms. The van der Waals surface area contributed by atoms with E-state index in [1.54, 1.807) is 0 Å². The van der Waals surface area contributed by atoms with E-state index in [1.165, 1.54) is 6.92 Å². The van der Waals surface area contributed by atoms with Crippen LogP contribution in [0.25, 0.3) is 11.3 Å². The first-order valence-electron chi connectivity index (χ1n) is 6.28. The van der Waals surface area contributed by atoms with Crippen LogP contribution in [0.2, 0.25) is 5.02 Å². The highest BCUT2D eigenvalue weighted by Crippen LogP contribution is 2.31. The molecule has 0 saturated carbocycles. The Hall–Kier alpha value is -1.99. The van der Waals surface area contributed by atoms with Gasteiger partial charge in [0.15, 0.2) is 5.17 Å². The third kappa shape index (κ3) is 3.07. The lowest BCUT2D eigenvalue weighted by Gasteiger charge is -2.17. The summed E-state index contributed by atoms with van der Waals surface area (Å²) in [6.45, 7) is 1.53. The molecule has 0 unspecified atom stereocenters. The standard InChI is InChI=1S/C14H9Cl2F3N2O2/c1-2-21-12(11-9(18)3-6(17)4-10(11)19)7(13(16)20-23)5-8(15)14(21)22/h3-5,23H,2H2,1H3/b20-13-. The second-order valence-electron chi connectivity index (χ2n) is 4.44. The molecule has 1 heterocycles. The molecule has 0 aliphatic rings. The fraction of sp³-hybridized carbons (Fsp3) is 0.143. The Morgan fingerprint density at radius 3 is 2.30 bits per heavy atom. The zero-order valence-corrected chi connectivity index (χ0v) is 13.1. The third-order valence-electron chi connectivity index (χ3n) is 3.12. The fourth-order valence-electron chi connectivity index (χ4n) is 2.18. The Morgan fingerprint density at radius 1 is 1.26 bits per heavy atom. The van der Waals surface area contributed by atoms with Crippen molar-refractivity contribution < 1.29 is 18.4 Å². The molecule has 1 aromatic carbocycles. The zero-order chi connectivity index (χ0) is 17.3. The fourth-order valence-corrected chi connectivity index (χ4v) is 2.54. The molecular formula is C14H9Cl2F3N2O2. The Morgan fingerprint density at radius 2 is 1.83 bits per heavy atom. The first kappa shape index (κ1) is 17.4. The quantitative estimate of drug-likeness (QED) is 0.508. The van der Waals surface area contributed by atoms with Crippen LogP contribution in [-0.2, 0) is 6.54 Å². The summed E-state index contributed by atoms with van der Waals surface area (Å²) >= 11 is 11.5. The molecular weight excluding hydrogens is 356 g/mol. The van der Waals surface area contributed by atoms with Gasteiger partial charge in [-0.25, -0.2) is 13.2 Å². The summed E-state index contributed by atoms with van der Waals surface area (Å²) in [6, 6.07) is 1.95. The van der Waals surface area contributed by atoms with Gasteiger partial charge in [-0.1, -0.05) is 28.4 Å². The molecule has 4 nitrogen and oxygen atoms in total. The van der Waals surface area contributed by atoms with Crippen molar-refractivity contribution in [3.05, 3.63) is 56.6 Å². The number of halogens is 5. The maximum atomic E-state index is 14.1. The van der Waals surface area contributed by atoms with Gasteiger partial charge in [-0.2, -0.15) is 0 Å². The minimum atomic E-state index is -1.24. The van der Waals surface area contributed by atoms with Crippen molar-refractivity contribution >= 4 is 28.4 Å². The van der Waals surface area contributed by atoms with Crippen molar-refractivity contribution in [2.45, 2.75) is 13.5 Å². The SMILES string of the molecule is CCn1c(-c2c(F)cc(F)cc2F)c(/C(Cl)=N/O)cc(Cl)c1=O. The van der Waals surface area contributed by atoms with Crippen LogP contribution in [-0.4, -0.2) is 14.9 Å². The largest absolute Gasteiger partial charge is 0.410 e. The van der Waals surface area contributed by atoms with E-state index in [0.717, 1.165) is 10.6 Å². The molecule has 0 amide bonds. The Labute approximate surface area is 138 Å². The number of oxime groups is 1. The Kier molecular flexibility index (Phi) is 5.01. The molecule has 2 rings (SSSR count). The van der Waals surface area contributed by atoms with Gasteiger partial charge in [-0.3, -0.25) is 4.79 Å². The van der Waals surface area contributed by atoms with Crippen LogP contribution in [0, 0.1) is 17.5 Å². The number of hydrogen-bond acceptors (Lipinski definition) is 3. The average Bonchev–Trinajstić information content (AvgIpc) is 2.49. The summed E-state index contributed by atoms with van der Waals surface area (Å²) in [6.07, 6.45) is 0. The maximum Gasteiger partial charge on any atom is 0.269 e. The Bertz CT molecular complexity index is 843. The van der Waals surface area contributed by atoms with Crippen molar-refractivity contribution in [2.24, 2.45) is 5.16 Å². The van der Waals surface area contributed by atoms with Crippen LogP contribution in [0.3, 0.4) is 0 Å². The molecule has 1 N–H and O–H groups in total. The first-order valence-corrected chi connectivity index (χ1v) is 7.03. The van der Waals surface area contributed by atoms with Crippen molar-refractivity contribution in [2.75, 3.05) is 0 Å². The van der Waals surface area contributed by atoms with E-state index in [4.69, 9.17) is 28.4 Å². The van der Waals surface area contributed by atoms with Gasteiger partial charge in [0.25, 0.3) is 5.56 Å². The lowest BCUT2D eigenvalue weighted by molar-refractivity contribution is 0.321. The molecule has 0 aliphatic heterocycles. The molecule has 0 fully saturated rings. The predicted molar refractivity (Wildman–Crippen MR) is 80.9 cm³/mol. The van der Waals surface area contributed by atoms with Crippen LogP contribution in [0.1, 0.15) is 12.5 Å². The summed E-state index contributed by atoms with van der Waals surface area (Å²) in [5.74, 6) is -3.60. The van der Waals surface area contributed by atoms with Crippen molar-refractivity contribution in [1.29, 1.82) is 0 Å². The van der Waals surface area contributed by atoms with Crippen molar-refractivity contribution in [3.8, 4) is 11.3 Å². The highest BCUT2D eigenvalue weighted by molar-refractivity contribution is 6.70. The zero-order valence-electron chi connectivity index (χ0n) is 11.6. The van der Waals surface area contributed by atoms with Crippen LogP contribution < -0.4 is 5.56 Å². The molecule has 0 aliphatic carbocycles. The molecule has 23 heavy (non-hydrogen) atoms. The average molecular weight is 365 g/mol. The Balaban J connectivity index is 3.02. The molecule has 2 aromatic rings. The molecule has 0 spiro atoms. The molecule has 1 aromatic heterocycles. The van der Waals surface area contributed by atoms with Gasteiger partial charge in [0.2, 0.25) is 0 Å². The van der Waals surface area contributed by atoms with Gasteiger partial charge in [-0.05, 0) is 13.0 Å². The smallest absolute Gasteiger partial charge is 0.269 e. The van der Waals surface area contributed by atoms with E-state index < -0.39 is 33.7 Å². The van der Waals surface area contributed by atoms with E-state index in [9.17, 15) is 18.0 Å². The van der Waals surface area contributed by atoms with Crippen LogP contribution in [0.4, 0.5) is 13.2 Å². The summed E-state index contributed by atoms with van der Waals surface area (Å²) < 4.78 is 42.3. The first-order chi connectivity index (χ1) is 10.8. The van der Waals surface area contributed by atoms with Crippen LogP contribution >= 0.6 is 23.2 Å². The minimum Gasteiger partial charge on any atom is -0.410 e. The summed E-state index contributed by atoms with van der Waals surface area (Å²) in [4.78, 5) is 12.1. The van der Waals surface area contributed by atoms with Crippen LogP contribution in [0.5, 0.6) is 0 Å². The molecule has 0 bridgehead atoms. The maximum absolute atomic E-state index is 14.1. The van der Waals surface area contributed by atoms with Gasteiger partial charge < -0.3 is 9.77 Å². The van der Waals surface area contributed by atoms with E-state index in [0.29, 0.717) is 12.1 Å². The minimum absolute atomic E-state index is 0.00637. The van der Waals surface area contributed by atoms with Crippen molar-refractivity contribution in [1.82, 2.24) is 4.57 Å². The number of pyridine rings is 1. The van der Waals surface area contributed by atoms with Gasteiger partial charge in [-0.15, -0.1) is 0 Å². The van der Waals surface area contributed by atoms with Gasteiger partial charge in [0.05, 0.1) is 11.3 Å². The number of aromatic nitrogens is 1. The van der Waals surface area contributed by atoms with Crippen LogP contribution in [0.15, 0.2) is 28.1 Å². The predicted octanol–water partition coefficient (Wildman–Crippen LogP) is 3.98. The van der Waals surface area contributed by atoms with Crippen molar-refractivity contribution in [3.63, 3.8) is 0 Å². The highest BCUT2D eigenvalue weighted by atomic mass is 35.5. The van der Waals surface area contributed by atoms with Gasteiger partial charge in [0, 0.05) is 24.2 Å². The second-order valence-corrected chi connectivity index (χ2v) is 5.20. The number of hydrogen-bond donors (Lipinski definition) is 1. The normalized spacial score (nSPS) is 11.8. The van der Waals surface area contributed by atoms with E-state index in [-0.39, 0.29) is 22.8 Å². The van der Waals surface area contributed by atoms with E-state index in [1.807, 2.05) is 0 Å². The molecule has 0 radical (unpaired) electrons. The summed E-state index contributed by atoms with van der Waals surface area (Å²) in [5.41, 5.74) is -1.89.